The molecule has 0 radical (unpaired) electrons. The van der Waals surface area contributed by atoms with Gasteiger partial charge in [0.05, 0.1) is 28.7 Å². The Morgan fingerprint density at radius 3 is 2.50 bits per heavy atom. The van der Waals surface area contributed by atoms with E-state index in [-0.39, 0.29) is 23.1 Å². The molecule has 1 aliphatic rings. The van der Waals surface area contributed by atoms with Crippen LogP contribution in [-0.2, 0) is 21.2 Å². The molecule has 2 aromatic carbocycles. The van der Waals surface area contributed by atoms with E-state index in [9.17, 15) is 13.7 Å². The highest BCUT2D eigenvalue weighted by Crippen LogP contribution is 2.31. The van der Waals surface area contributed by atoms with Crippen molar-refractivity contribution in [3.8, 4) is 6.07 Å². The Hall–Kier alpha value is -2.20. The van der Waals surface area contributed by atoms with Crippen LogP contribution < -0.4 is 0 Å². The van der Waals surface area contributed by atoms with Crippen molar-refractivity contribution in [1.82, 2.24) is 4.31 Å². The maximum absolute atomic E-state index is 13.3. The summed E-state index contributed by atoms with van der Waals surface area (Å²) in [5.41, 5.74) is 0.579. The van der Waals surface area contributed by atoms with E-state index in [4.69, 9.17) is 4.74 Å². The van der Waals surface area contributed by atoms with Crippen LogP contribution in [-0.4, -0.2) is 37.5 Å². The van der Waals surface area contributed by atoms with Gasteiger partial charge in [0.1, 0.15) is 6.07 Å². The van der Waals surface area contributed by atoms with Crippen molar-refractivity contribution in [2.45, 2.75) is 36.8 Å². The van der Waals surface area contributed by atoms with Crippen molar-refractivity contribution in [2.24, 2.45) is 0 Å². The summed E-state index contributed by atoms with van der Waals surface area (Å²) in [4.78, 5) is 0.0518. The van der Waals surface area contributed by atoms with Gasteiger partial charge in [-0.15, -0.1) is 0 Å². The minimum atomic E-state index is -3.81. The Kier molecular flexibility index (Phi) is 5.15. The van der Waals surface area contributed by atoms with Crippen LogP contribution in [0.1, 0.15) is 25.0 Å². The summed E-state index contributed by atoms with van der Waals surface area (Å²) in [7, 11) is -3.81. The molecule has 0 saturated carbocycles. The summed E-state index contributed by atoms with van der Waals surface area (Å²) in [6.07, 6.45) is 0.414. The molecule has 1 unspecified atom stereocenters. The molecular formula is C20H22N2O3S. The standard InChI is InChI=1S/C20H22N2O3S/c1-20(2)15-25-18(12-16-8-4-3-5-9-16)14-22(20)26(23,24)19-11-7-6-10-17(19)13-21/h3-11,18H,12,14-15H2,1-2H3. The lowest BCUT2D eigenvalue weighted by Crippen LogP contribution is -2.58. The fraction of sp³-hybridized carbons (Fsp3) is 0.350. The average Bonchev–Trinajstić information content (AvgIpc) is 2.64. The van der Waals surface area contributed by atoms with Gasteiger partial charge in [0.2, 0.25) is 10.0 Å². The number of benzene rings is 2. The number of morpholine rings is 1. The highest BCUT2D eigenvalue weighted by Gasteiger charge is 2.43. The molecule has 0 aromatic heterocycles. The minimum Gasteiger partial charge on any atom is -0.375 e. The van der Waals surface area contributed by atoms with Crippen LogP contribution in [0.15, 0.2) is 59.5 Å². The molecule has 136 valence electrons. The maximum Gasteiger partial charge on any atom is 0.245 e. The van der Waals surface area contributed by atoms with Crippen molar-refractivity contribution in [3.63, 3.8) is 0 Å². The van der Waals surface area contributed by atoms with Crippen LogP contribution in [0.3, 0.4) is 0 Å². The molecule has 1 heterocycles. The average molecular weight is 370 g/mol. The highest BCUT2D eigenvalue weighted by atomic mass is 32.2. The Labute approximate surface area is 154 Å². The van der Waals surface area contributed by atoms with E-state index in [0.29, 0.717) is 13.0 Å². The zero-order valence-corrected chi connectivity index (χ0v) is 15.7. The van der Waals surface area contributed by atoms with Crippen LogP contribution in [0.25, 0.3) is 0 Å². The molecule has 26 heavy (non-hydrogen) atoms. The van der Waals surface area contributed by atoms with E-state index < -0.39 is 15.6 Å². The van der Waals surface area contributed by atoms with Crippen LogP contribution >= 0.6 is 0 Å². The van der Waals surface area contributed by atoms with E-state index in [1.165, 1.54) is 16.4 Å². The van der Waals surface area contributed by atoms with Gasteiger partial charge in [0.25, 0.3) is 0 Å². The summed E-state index contributed by atoms with van der Waals surface area (Å²) in [6.45, 7) is 4.25. The summed E-state index contributed by atoms with van der Waals surface area (Å²) in [5, 5.41) is 9.30. The number of hydrogen-bond donors (Lipinski definition) is 0. The normalized spacial score (nSPS) is 20.4. The summed E-state index contributed by atoms with van der Waals surface area (Å²) in [6, 6.07) is 18.2. The first-order chi connectivity index (χ1) is 12.3. The van der Waals surface area contributed by atoms with Crippen molar-refractivity contribution in [3.05, 3.63) is 65.7 Å². The van der Waals surface area contributed by atoms with Crippen LogP contribution in [0, 0.1) is 11.3 Å². The van der Waals surface area contributed by atoms with Gasteiger partial charge >= 0.3 is 0 Å². The first kappa shape index (κ1) is 18.6. The number of ether oxygens (including phenoxy) is 1. The molecule has 2 aromatic rings. The first-order valence-electron chi connectivity index (χ1n) is 8.52. The molecule has 1 aliphatic heterocycles. The molecule has 0 aliphatic carbocycles. The van der Waals surface area contributed by atoms with E-state index >= 15 is 0 Å². The third-order valence-electron chi connectivity index (χ3n) is 4.60. The molecule has 3 rings (SSSR count). The summed E-state index contributed by atoms with van der Waals surface area (Å²) < 4.78 is 34.0. The van der Waals surface area contributed by atoms with Gasteiger partial charge in [0, 0.05) is 6.54 Å². The molecule has 6 heteroatoms. The number of hydrogen-bond acceptors (Lipinski definition) is 4. The Bertz CT molecular complexity index is 918. The molecule has 0 amide bonds. The van der Waals surface area contributed by atoms with Gasteiger partial charge in [-0.05, 0) is 38.0 Å². The quantitative estimate of drug-likeness (QED) is 0.830. The Balaban J connectivity index is 1.91. The summed E-state index contributed by atoms with van der Waals surface area (Å²) >= 11 is 0. The third-order valence-corrected chi connectivity index (χ3v) is 6.73. The molecular weight excluding hydrogens is 348 g/mol. The van der Waals surface area contributed by atoms with Crippen molar-refractivity contribution < 1.29 is 13.2 Å². The van der Waals surface area contributed by atoms with E-state index in [1.54, 1.807) is 12.1 Å². The zero-order valence-electron chi connectivity index (χ0n) is 14.9. The van der Waals surface area contributed by atoms with Crippen LogP contribution in [0.5, 0.6) is 0 Å². The molecule has 0 N–H and O–H groups in total. The zero-order chi connectivity index (χ0) is 18.8. The number of sulfonamides is 1. The van der Waals surface area contributed by atoms with E-state index in [1.807, 2.05) is 50.2 Å². The molecule has 1 fully saturated rings. The Morgan fingerprint density at radius 2 is 1.81 bits per heavy atom. The predicted molar refractivity (Wildman–Crippen MR) is 99.0 cm³/mol. The number of nitrogens with zero attached hydrogens (tertiary/aromatic N) is 2. The Morgan fingerprint density at radius 1 is 1.15 bits per heavy atom. The molecule has 5 nitrogen and oxygen atoms in total. The van der Waals surface area contributed by atoms with Gasteiger partial charge in [0.15, 0.2) is 0 Å². The topological polar surface area (TPSA) is 70.4 Å². The van der Waals surface area contributed by atoms with Crippen LogP contribution in [0.4, 0.5) is 0 Å². The fourth-order valence-corrected chi connectivity index (χ4v) is 5.15. The first-order valence-corrected chi connectivity index (χ1v) is 9.96. The lowest BCUT2D eigenvalue weighted by Gasteiger charge is -2.44. The second kappa shape index (κ2) is 7.20. The highest BCUT2D eigenvalue weighted by molar-refractivity contribution is 7.89. The van der Waals surface area contributed by atoms with E-state index in [0.717, 1.165) is 5.56 Å². The van der Waals surface area contributed by atoms with Crippen molar-refractivity contribution in [2.75, 3.05) is 13.2 Å². The lowest BCUT2D eigenvalue weighted by molar-refractivity contribution is -0.0629. The van der Waals surface area contributed by atoms with Gasteiger partial charge < -0.3 is 4.74 Å². The lowest BCUT2D eigenvalue weighted by atomic mass is 10.0. The minimum absolute atomic E-state index is 0.0518. The molecule has 1 atom stereocenters. The molecule has 1 saturated heterocycles. The smallest absolute Gasteiger partial charge is 0.245 e. The molecule has 0 bridgehead atoms. The second-order valence-electron chi connectivity index (χ2n) is 7.08. The van der Waals surface area contributed by atoms with E-state index in [2.05, 4.69) is 0 Å². The van der Waals surface area contributed by atoms with Gasteiger partial charge in [-0.2, -0.15) is 9.57 Å². The van der Waals surface area contributed by atoms with Gasteiger partial charge in [-0.1, -0.05) is 42.5 Å². The van der Waals surface area contributed by atoms with Gasteiger partial charge in [-0.25, -0.2) is 8.42 Å². The number of rotatable bonds is 4. The fourth-order valence-electron chi connectivity index (χ4n) is 3.21. The van der Waals surface area contributed by atoms with Crippen molar-refractivity contribution in [1.29, 1.82) is 5.26 Å². The number of nitriles is 1. The van der Waals surface area contributed by atoms with Crippen LogP contribution in [0.2, 0.25) is 0 Å². The third kappa shape index (κ3) is 3.65. The second-order valence-corrected chi connectivity index (χ2v) is 8.91. The largest absolute Gasteiger partial charge is 0.375 e. The maximum atomic E-state index is 13.3. The molecule has 0 spiro atoms. The van der Waals surface area contributed by atoms with Crippen molar-refractivity contribution >= 4 is 10.0 Å². The predicted octanol–water partition coefficient (Wildman–Crippen LogP) is 2.97. The van der Waals surface area contributed by atoms with Gasteiger partial charge in [-0.3, -0.25) is 0 Å². The monoisotopic (exact) mass is 370 g/mol. The summed E-state index contributed by atoms with van der Waals surface area (Å²) in [5.74, 6) is 0. The SMILES string of the molecule is CC1(C)COC(Cc2ccccc2)CN1S(=O)(=O)c1ccccc1C#N.